The van der Waals surface area contributed by atoms with Crippen molar-refractivity contribution in [3.63, 3.8) is 0 Å². The summed E-state index contributed by atoms with van der Waals surface area (Å²) in [6.07, 6.45) is 0. The molecule has 0 unspecified atom stereocenters. The molecule has 0 aliphatic heterocycles. The molecule has 0 spiro atoms. The highest BCUT2D eigenvalue weighted by Crippen LogP contribution is 2.22. The molecule has 0 fully saturated rings. The molecule has 0 saturated carbocycles. The fourth-order valence-electron chi connectivity index (χ4n) is 2.88. The number of aromatic nitrogens is 2. The van der Waals surface area contributed by atoms with Crippen LogP contribution in [0.2, 0.25) is 5.02 Å². The number of nitrogens with zero attached hydrogens (tertiary/aromatic N) is 3. The Labute approximate surface area is 190 Å². The van der Waals surface area contributed by atoms with Crippen molar-refractivity contribution in [2.24, 2.45) is 5.92 Å². The first-order chi connectivity index (χ1) is 14.7. The molecule has 1 atom stereocenters. The molecule has 1 amide bonds. The van der Waals surface area contributed by atoms with E-state index in [2.05, 4.69) is 13.5 Å². The molecule has 1 aromatic heterocycles. The van der Waals surface area contributed by atoms with Crippen molar-refractivity contribution >= 4 is 50.3 Å². The van der Waals surface area contributed by atoms with E-state index in [4.69, 9.17) is 16.3 Å². The molecule has 0 aliphatic rings. The summed E-state index contributed by atoms with van der Waals surface area (Å²) >= 11 is 6.79. The minimum atomic E-state index is -3.98. The lowest BCUT2D eigenvalue weighted by Gasteiger charge is -2.27. The van der Waals surface area contributed by atoms with Gasteiger partial charge in [-0.05, 0) is 42.3 Å². The summed E-state index contributed by atoms with van der Waals surface area (Å²) in [6.45, 7) is 4.12. The Hall–Kier alpha value is -2.27. The molecule has 0 bridgehead atoms. The number of carbonyl (C=O) groups excluding carboxylic acids is 1. The third kappa shape index (κ3) is 5.70. The van der Waals surface area contributed by atoms with Gasteiger partial charge in [-0.25, -0.2) is 8.42 Å². The number of fused-ring (bicyclic) bond motifs is 1. The molecule has 31 heavy (non-hydrogen) atoms. The van der Waals surface area contributed by atoms with Crippen LogP contribution in [0.15, 0.2) is 47.4 Å². The largest absolute Gasteiger partial charge is 0.492 e. The second-order valence-corrected chi connectivity index (χ2v) is 9.94. The van der Waals surface area contributed by atoms with Crippen LogP contribution in [0.4, 0.5) is 0 Å². The number of rotatable bonds is 9. The van der Waals surface area contributed by atoms with Gasteiger partial charge in [0.15, 0.2) is 0 Å². The number of hydrogen-bond acceptors (Lipinski definition) is 7. The van der Waals surface area contributed by atoms with Crippen LogP contribution in [0.1, 0.15) is 13.8 Å². The van der Waals surface area contributed by atoms with E-state index in [1.54, 1.807) is 57.3 Å². The Kier molecular flexibility index (Phi) is 7.47. The summed E-state index contributed by atoms with van der Waals surface area (Å²) < 4.78 is 42.4. The van der Waals surface area contributed by atoms with E-state index in [1.807, 2.05) is 0 Å². The molecule has 1 heterocycles. The minimum Gasteiger partial charge on any atom is -0.492 e. The zero-order chi connectivity index (χ0) is 22.6. The highest BCUT2D eigenvalue weighted by atomic mass is 35.5. The number of carbonyl (C=O) groups is 1. The van der Waals surface area contributed by atoms with Crippen molar-refractivity contribution in [1.82, 2.24) is 18.4 Å². The van der Waals surface area contributed by atoms with Crippen LogP contribution in [0, 0.1) is 5.92 Å². The highest BCUT2D eigenvalue weighted by molar-refractivity contribution is 7.89. The average Bonchev–Trinajstić information content (AvgIpc) is 3.21. The number of nitrogens with one attached hydrogen (secondary N) is 1. The van der Waals surface area contributed by atoms with Crippen LogP contribution in [-0.2, 0) is 14.8 Å². The van der Waals surface area contributed by atoms with E-state index in [1.165, 1.54) is 11.0 Å². The Morgan fingerprint density at radius 2 is 1.90 bits per heavy atom. The van der Waals surface area contributed by atoms with Gasteiger partial charge in [0.2, 0.25) is 15.9 Å². The molecule has 3 rings (SSSR count). The molecule has 2 aromatic carbocycles. The van der Waals surface area contributed by atoms with Crippen molar-refractivity contribution in [2.75, 3.05) is 20.2 Å². The van der Waals surface area contributed by atoms with E-state index in [0.29, 0.717) is 21.8 Å². The molecule has 0 radical (unpaired) electrons. The number of sulfonamides is 1. The van der Waals surface area contributed by atoms with Gasteiger partial charge in [-0.15, -0.1) is 0 Å². The number of amides is 1. The summed E-state index contributed by atoms with van der Waals surface area (Å²) in [4.78, 5) is 14.5. The van der Waals surface area contributed by atoms with Gasteiger partial charge >= 0.3 is 0 Å². The molecule has 3 aromatic rings. The number of hydrogen-bond donors (Lipinski definition) is 1. The molecule has 1 N–H and O–H groups in total. The van der Waals surface area contributed by atoms with Gasteiger partial charge < -0.3 is 9.64 Å². The van der Waals surface area contributed by atoms with Crippen LogP contribution >= 0.6 is 23.3 Å². The van der Waals surface area contributed by atoms with Crippen molar-refractivity contribution in [3.05, 3.63) is 47.5 Å². The van der Waals surface area contributed by atoms with E-state index in [9.17, 15) is 13.2 Å². The minimum absolute atomic E-state index is 0.00549. The third-order valence-corrected chi connectivity index (χ3v) is 6.91. The van der Waals surface area contributed by atoms with E-state index < -0.39 is 16.1 Å². The SMILES string of the molecule is CC(C)[C@H](NS(=O)(=O)c1cccc2nsnc12)C(=O)N(C)CCOc1ccc(Cl)cc1. The molecule has 0 saturated heterocycles. The summed E-state index contributed by atoms with van der Waals surface area (Å²) in [6, 6.07) is 10.7. The maximum absolute atomic E-state index is 13.0. The molecular formula is C20H23ClN4O4S2. The number of ether oxygens (including phenoxy) is 1. The zero-order valence-corrected chi connectivity index (χ0v) is 19.7. The van der Waals surface area contributed by atoms with Gasteiger partial charge in [-0.3, -0.25) is 4.79 Å². The summed E-state index contributed by atoms with van der Waals surface area (Å²) in [5, 5.41) is 0.607. The van der Waals surface area contributed by atoms with Gasteiger partial charge in [-0.2, -0.15) is 13.5 Å². The van der Waals surface area contributed by atoms with E-state index >= 15 is 0 Å². The summed E-state index contributed by atoms with van der Waals surface area (Å²) in [7, 11) is -2.37. The topological polar surface area (TPSA) is 101 Å². The van der Waals surface area contributed by atoms with Gasteiger partial charge in [0, 0.05) is 12.1 Å². The molecule has 166 valence electrons. The first kappa shape index (κ1) is 23.4. The lowest BCUT2D eigenvalue weighted by molar-refractivity contribution is -0.133. The second-order valence-electron chi connectivity index (χ2n) is 7.29. The summed E-state index contributed by atoms with van der Waals surface area (Å²) in [5.41, 5.74) is 0.788. The number of benzene rings is 2. The fourth-order valence-corrected chi connectivity index (χ4v) is 5.11. The monoisotopic (exact) mass is 482 g/mol. The normalized spacial score (nSPS) is 12.8. The maximum atomic E-state index is 13.0. The van der Waals surface area contributed by atoms with Crippen molar-refractivity contribution < 1.29 is 17.9 Å². The Balaban J connectivity index is 1.68. The smallest absolute Gasteiger partial charge is 0.243 e. The first-order valence-corrected chi connectivity index (χ1v) is 12.1. The number of halogens is 1. The average molecular weight is 483 g/mol. The van der Waals surface area contributed by atoms with Crippen LogP contribution in [0.3, 0.4) is 0 Å². The molecule has 11 heteroatoms. The standard InChI is InChI=1S/C20H23ClN4O4S2/c1-13(2)18(20(26)25(3)11-12-29-15-9-7-14(21)8-10-15)24-31(27,28)17-6-4-5-16-19(17)23-30-22-16/h4-10,13,18,24H,11-12H2,1-3H3/t18-/m0/s1. The van der Waals surface area contributed by atoms with E-state index in [0.717, 1.165) is 11.7 Å². The Bertz CT molecular complexity index is 1150. The second kappa shape index (κ2) is 9.90. The Morgan fingerprint density at radius 3 is 2.58 bits per heavy atom. The highest BCUT2D eigenvalue weighted by Gasteiger charge is 2.31. The fraction of sp³-hybridized carbons (Fsp3) is 0.350. The van der Waals surface area contributed by atoms with Crippen molar-refractivity contribution in [1.29, 1.82) is 0 Å². The van der Waals surface area contributed by atoms with Gasteiger partial charge in [0.1, 0.15) is 34.3 Å². The van der Waals surface area contributed by atoms with Crippen LogP contribution < -0.4 is 9.46 Å². The van der Waals surface area contributed by atoms with Crippen LogP contribution in [0.5, 0.6) is 5.75 Å². The molecule has 8 nitrogen and oxygen atoms in total. The zero-order valence-electron chi connectivity index (χ0n) is 17.3. The quantitative estimate of drug-likeness (QED) is 0.502. The lowest BCUT2D eigenvalue weighted by Crippen LogP contribution is -2.50. The predicted molar refractivity (Wildman–Crippen MR) is 121 cm³/mol. The molecular weight excluding hydrogens is 460 g/mol. The van der Waals surface area contributed by atoms with E-state index in [-0.39, 0.29) is 29.9 Å². The van der Waals surface area contributed by atoms with Crippen molar-refractivity contribution in [3.8, 4) is 5.75 Å². The van der Waals surface area contributed by atoms with Gasteiger partial charge in [0.05, 0.1) is 18.3 Å². The first-order valence-electron chi connectivity index (χ1n) is 9.56. The van der Waals surface area contributed by atoms with Crippen molar-refractivity contribution in [2.45, 2.75) is 24.8 Å². The number of likely N-dealkylation sites (N-methyl/N-ethyl adjacent to an activating group) is 1. The van der Waals surface area contributed by atoms with Gasteiger partial charge in [0.25, 0.3) is 0 Å². The lowest BCUT2D eigenvalue weighted by atomic mass is 10.0. The van der Waals surface area contributed by atoms with Crippen LogP contribution in [0.25, 0.3) is 11.0 Å². The maximum Gasteiger partial charge on any atom is 0.243 e. The van der Waals surface area contributed by atoms with Crippen LogP contribution in [-0.4, -0.2) is 54.2 Å². The van der Waals surface area contributed by atoms with Gasteiger partial charge in [-0.1, -0.05) is 31.5 Å². The molecule has 0 aliphatic carbocycles. The Morgan fingerprint density at radius 1 is 1.19 bits per heavy atom. The predicted octanol–water partition coefficient (Wildman–Crippen LogP) is 3.19. The third-order valence-electron chi connectivity index (χ3n) is 4.64. The summed E-state index contributed by atoms with van der Waals surface area (Å²) in [5.74, 6) is 0.0212.